The van der Waals surface area contributed by atoms with E-state index < -0.39 is 0 Å². The third kappa shape index (κ3) is 4.39. The Balaban J connectivity index is -0.000000320. The molecule has 0 unspecified atom stereocenters. The van der Waals surface area contributed by atoms with Crippen LogP contribution in [0.15, 0.2) is 0 Å². The van der Waals surface area contributed by atoms with Crippen LogP contribution in [0.5, 0.6) is 0 Å². The molecule has 0 aliphatic heterocycles. The van der Waals surface area contributed by atoms with Gasteiger partial charge in [0.2, 0.25) is 0 Å². The fourth-order valence-electron chi connectivity index (χ4n) is 0.556. The molecule has 0 aromatic carbocycles. The lowest BCUT2D eigenvalue weighted by atomic mass is 10.4. The Bertz CT molecular complexity index is 57.8. The van der Waals surface area contributed by atoms with Crippen LogP contribution in [0.4, 0.5) is 0 Å². The van der Waals surface area contributed by atoms with E-state index in [0.29, 0.717) is 13.2 Å². The van der Waals surface area contributed by atoms with E-state index in [1.54, 1.807) is 21.3 Å². The van der Waals surface area contributed by atoms with Gasteiger partial charge in [-0.25, -0.2) is 0 Å². The van der Waals surface area contributed by atoms with Crippen LogP contribution in [-0.2, 0) is 14.2 Å². The first kappa shape index (κ1) is 8.88. The normalized spacial score (nSPS) is 10.7. The van der Waals surface area contributed by atoms with Crippen LogP contribution >= 0.6 is 0 Å². The van der Waals surface area contributed by atoms with Gasteiger partial charge >= 0.3 is 0 Å². The van der Waals surface area contributed by atoms with Gasteiger partial charge in [0.25, 0.3) is 0 Å². The lowest BCUT2D eigenvalue weighted by molar-refractivity contribution is -0.0178. The summed E-state index contributed by atoms with van der Waals surface area (Å²) < 4.78 is 14.7. The summed E-state index contributed by atoms with van der Waals surface area (Å²) in [4.78, 5) is 0. The number of ether oxygens (including phenoxy) is 3. The Morgan fingerprint density at radius 1 is 1.11 bits per heavy atom. The molecule has 0 N–H and O–H groups in total. The van der Waals surface area contributed by atoms with Crippen LogP contribution in [0.1, 0.15) is 2.85 Å². The number of methoxy groups -OCH3 is 3. The SMILES string of the molecule is COCC(COC)OC.[HH].[HH]. The summed E-state index contributed by atoms with van der Waals surface area (Å²) >= 11 is 0. The lowest BCUT2D eigenvalue weighted by Gasteiger charge is -2.11. The van der Waals surface area contributed by atoms with Crippen molar-refractivity contribution in [3.8, 4) is 0 Å². The van der Waals surface area contributed by atoms with Gasteiger partial charge in [-0.1, -0.05) is 0 Å². The fourth-order valence-corrected chi connectivity index (χ4v) is 0.556. The van der Waals surface area contributed by atoms with E-state index in [4.69, 9.17) is 14.2 Å². The van der Waals surface area contributed by atoms with Crippen molar-refractivity contribution in [1.82, 2.24) is 0 Å². The molecule has 0 rings (SSSR count). The maximum Gasteiger partial charge on any atom is 0.104 e. The monoisotopic (exact) mass is 138 g/mol. The van der Waals surface area contributed by atoms with E-state index in [9.17, 15) is 0 Å². The largest absolute Gasteiger partial charge is 0.382 e. The predicted molar refractivity (Wildman–Crippen MR) is 38.8 cm³/mol. The van der Waals surface area contributed by atoms with Crippen molar-refractivity contribution >= 4 is 0 Å². The van der Waals surface area contributed by atoms with Gasteiger partial charge in [0.15, 0.2) is 0 Å². The molecule has 0 atom stereocenters. The minimum Gasteiger partial charge on any atom is -0.382 e. The zero-order valence-electron chi connectivity index (χ0n) is 6.22. The first-order valence-corrected chi connectivity index (χ1v) is 2.85. The minimum atomic E-state index is 0. The van der Waals surface area contributed by atoms with Crippen LogP contribution in [0.3, 0.4) is 0 Å². The average molecular weight is 138 g/mol. The van der Waals surface area contributed by atoms with Crippen LogP contribution in [0.25, 0.3) is 0 Å². The minimum absolute atomic E-state index is 0. The third-order valence-corrected chi connectivity index (χ3v) is 1.04. The van der Waals surface area contributed by atoms with E-state index in [2.05, 4.69) is 0 Å². The van der Waals surface area contributed by atoms with Crippen molar-refractivity contribution in [2.75, 3.05) is 34.5 Å². The molecule has 0 aliphatic carbocycles. The Morgan fingerprint density at radius 2 is 1.56 bits per heavy atom. The van der Waals surface area contributed by atoms with Gasteiger partial charge in [0.1, 0.15) is 6.10 Å². The van der Waals surface area contributed by atoms with Crippen molar-refractivity contribution in [2.45, 2.75) is 6.10 Å². The van der Waals surface area contributed by atoms with Crippen molar-refractivity contribution < 1.29 is 17.1 Å². The molecule has 0 saturated carbocycles. The molecule has 0 saturated heterocycles. The van der Waals surface area contributed by atoms with Crippen molar-refractivity contribution in [2.24, 2.45) is 0 Å². The Hall–Kier alpha value is -0.120. The fraction of sp³-hybridized carbons (Fsp3) is 1.00. The van der Waals surface area contributed by atoms with E-state index in [1.165, 1.54) is 0 Å². The lowest BCUT2D eigenvalue weighted by Crippen LogP contribution is -2.22. The average Bonchev–Trinajstić information content (AvgIpc) is 1.88. The summed E-state index contributed by atoms with van der Waals surface area (Å²) in [5.74, 6) is 0. The second-order valence-corrected chi connectivity index (χ2v) is 1.77. The van der Waals surface area contributed by atoms with Crippen molar-refractivity contribution in [1.29, 1.82) is 0 Å². The zero-order valence-corrected chi connectivity index (χ0v) is 6.22. The maximum atomic E-state index is 4.98. The number of hydrogen-bond acceptors (Lipinski definition) is 3. The molecule has 0 spiro atoms. The first-order valence-electron chi connectivity index (χ1n) is 2.85. The summed E-state index contributed by atoms with van der Waals surface area (Å²) in [7, 11) is 4.92. The molecule has 0 aromatic rings. The molecule has 0 fully saturated rings. The molecule has 9 heavy (non-hydrogen) atoms. The van der Waals surface area contributed by atoms with Crippen LogP contribution in [0.2, 0.25) is 0 Å². The number of rotatable bonds is 5. The molecular weight excluding hydrogens is 120 g/mol. The molecule has 3 heteroatoms. The summed E-state index contributed by atoms with van der Waals surface area (Å²) in [6, 6.07) is 0. The number of hydrogen-bond donors (Lipinski definition) is 0. The highest BCUT2D eigenvalue weighted by molar-refractivity contribution is 4.51. The molecule has 0 bridgehead atoms. The first-order chi connectivity index (χ1) is 4.35. The molecule has 0 heterocycles. The maximum absolute atomic E-state index is 4.98. The van der Waals surface area contributed by atoms with Crippen LogP contribution < -0.4 is 0 Å². The standard InChI is InChI=1S/C6H14O3.2H2/c1-7-4-6(9-3)5-8-2;;/h6H,4-5H2,1-3H3;2*1H. The van der Waals surface area contributed by atoms with Crippen molar-refractivity contribution in [3.63, 3.8) is 0 Å². The Kier molecular flexibility index (Phi) is 5.93. The van der Waals surface area contributed by atoms with Gasteiger partial charge in [-0.3, -0.25) is 0 Å². The molecule has 3 nitrogen and oxygen atoms in total. The van der Waals surface area contributed by atoms with Gasteiger partial charge in [0, 0.05) is 24.2 Å². The highest BCUT2D eigenvalue weighted by atomic mass is 16.5. The van der Waals surface area contributed by atoms with Gasteiger partial charge < -0.3 is 14.2 Å². The Labute approximate surface area is 58.9 Å². The third-order valence-electron chi connectivity index (χ3n) is 1.04. The molecule has 0 amide bonds. The summed E-state index contributed by atoms with van der Waals surface area (Å²) in [6.07, 6.45) is 0.0694. The Morgan fingerprint density at radius 3 is 1.78 bits per heavy atom. The van der Waals surface area contributed by atoms with Crippen LogP contribution in [0, 0.1) is 0 Å². The van der Waals surface area contributed by atoms with E-state index in [0.717, 1.165) is 0 Å². The molecule has 60 valence electrons. The molecule has 0 aromatic heterocycles. The van der Waals surface area contributed by atoms with Crippen LogP contribution in [-0.4, -0.2) is 40.6 Å². The quantitative estimate of drug-likeness (QED) is 0.562. The van der Waals surface area contributed by atoms with Gasteiger partial charge in [-0.15, -0.1) is 0 Å². The van der Waals surface area contributed by atoms with E-state index >= 15 is 0 Å². The highest BCUT2D eigenvalue weighted by Crippen LogP contribution is 1.89. The van der Waals surface area contributed by atoms with Gasteiger partial charge in [-0.2, -0.15) is 0 Å². The summed E-state index contributed by atoms with van der Waals surface area (Å²) in [5.41, 5.74) is 0. The second kappa shape index (κ2) is 6.01. The zero-order chi connectivity index (χ0) is 7.11. The predicted octanol–water partition coefficient (Wildman–Crippen LogP) is 0.786. The van der Waals surface area contributed by atoms with Crippen molar-refractivity contribution in [3.05, 3.63) is 0 Å². The molecular formula is C6H18O3. The molecule has 0 aliphatic rings. The van der Waals surface area contributed by atoms with E-state index in [1.807, 2.05) is 0 Å². The smallest absolute Gasteiger partial charge is 0.104 e. The topological polar surface area (TPSA) is 27.7 Å². The second-order valence-electron chi connectivity index (χ2n) is 1.77. The summed E-state index contributed by atoms with van der Waals surface area (Å²) in [5, 5.41) is 0. The van der Waals surface area contributed by atoms with E-state index in [-0.39, 0.29) is 8.96 Å². The highest BCUT2D eigenvalue weighted by Gasteiger charge is 2.03. The summed E-state index contributed by atoms with van der Waals surface area (Å²) in [6.45, 7) is 1.18. The molecule has 0 radical (unpaired) electrons. The van der Waals surface area contributed by atoms with Gasteiger partial charge in [-0.05, 0) is 0 Å². The van der Waals surface area contributed by atoms with Gasteiger partial charge in [0.05, 0.1) is 13.2 Å².